The van der Waals surface area contributed by atoms with Crippen LogP contribution in [-0.2, 0) is 6.61 Å². The normalized spacial score (nSPS) is 11.5. The monoisotopic (exact) mass is 543 g/mol. The SMILES string of the molecule is N#C/C(=C/c1cc(Br)c(OCc2cccc(F)c2)c(Br)c1)c1nc2ccc(F)cc2[nH]1. The number of ether oxygens (including phenoxy) is 1. The van der Waals surface area contributed by atoms with Gasteiger partial charge in [0.15, 0.2) is 0 Å². The van der Waals surface area contributed by atoms with Crippen molar-refractivity contribution in [2.24, 2.45) is 0 Å². The largest absolute Gasteiger partial charge is 0.487 e. The Balaban J connectivity index is 1.61. The number of allylic oxidation sites excluding steroid dienone is 1. The maximum absolute atomic E-state index is 13.4. The molecule has 4 aromatic rings. The van der Waals surface area contributed by atoms with Crippen molar-refractivity contribution in [3.8, 4) is 11.8 Å². The first-order chi connectivity index (χ1) is 14.9. The Morgan fingerprint density at radius 1 is 1.06 bits per heavy atom. The highest BCUT2D eigenvalue weighted by Gasteiger charge is 2.12. The Labute approximate surface area is 193 Å². The molecule has 0 saturated heterocycles. The van der Waals surface area contributed by atoms with Crippen molar-refractivity contribution < 1.29 is 13.5 Å². The van der Waals surface area contributed by atoms with Crippen molar-refractivity contribution in [3.63, 3.8) is 0 Å². The molecule has 0 fully saturated rings. The molecule has 0 amide bonds. The van der Waals surface area contributed by atoms with Gasteiger partial charge in [-0.1, -0.05) is 12.1 Å². The number of hydrogen-bond donors (Lipinski definition) is 1. The lowest BCUT2D eigenvalue weighted by atomic mass is 10.1. The average molecular weight is 545 g/mol. The minimum Gasteiger partial charge on any atom is -0.487 e. The minimum absolute atomic E-state index is 0.198. The molecule has 0 aliphatic carbocycles. The number of aromatic amines is 1. The van der Waals surface area contributed by atoms with E-state index in [2.05, 4.69) is 47.9 Å². The Bertz CT molecular complexity index is 1340. The van der Waals surface area contributed by atoms with Crippen molar-refractivity contribution in [2.45, 2.75) is 6.61 Å². The third-order valence-electron chi connectivity index (χ3n) is 4.42. The van der Waals surface area contributed by atoms with Crippen LogP contribution in [0, 0.1) is 23.0 Å². The number of hydrogen-bond acceptors (Lipinski definition) is 3. The van der Waals surface area contributed by atoms with Gasteiger partial charge >= 0.3 is 0 Å². The molecule has 1 aromatic heterocycles. The van der Waals surface area contributed by atoms with Crippen molar-refractivity contribution in [1.29, 1.82) is 5.26 Å². The molecule has 31 heavy (non-hydrogen) atoms. The number of rotatable bonds is 5. The Hall–Kier alpha value is -3.02. The van der Waals surface area contributed by atoms with Crippen molar-refractivity contribution in [3.05, 3.63) is 92.1 Å². The van der Waals surface area contributed by atoms with E-state index in [1.165, 1.54) is 24.3 Å². The molecule has 0 bridgehead atoms. The third-order valence-corrected chi connectivity index (χ3v) is 5.60. The fraction of sp³-hybridized carbons (Fsp3) is 0.0435. The van der Waals surface area contributed by atoms with E-state index in [0.29, 0.717) is 42.7 Å². The lowest BCUT2D eigenvalue weighted by molar-refractivity contribution is 0.301. The zero-order valence-electron chi connectivity index (χ0n) is 15.8. The molecule has 154 valence electrons. The van der Waals surface area contributed by atoms with Crippen LogP contribution in [0.1, 0.15) is 17.0 Å². The van der Waals surface area contributed by atoms with E-state index in [0.717, 1.165) is 5.56 Å². The molecule has 1 N–H and O–H groups in total. The van der Waals surface area contributed by atoms with Gasteiger partial charge in [-0.05, 0) is 91.5 Å². The van der Waals surface area contributed by atoms with E-state index >= 15 is 0 Å². The second-order valence-corrected chi connectivity index (χ2v) is 8.36. The molecule has 3 aromatic carbocycles. The molecule has 8 heteroatoms. The van der Waals surface area contributed by atoms with Crippen molar-refractivity contribution in [2.75, 3.05) is 0 Å². The molecular weight excluding hydrogens is 532 g/mol. The number of imidazole rings is 1. The fourth-order valence-electron chi connectivity index (χ4n) is 3.01. The summed E-state index contributed by atoms with van der Waals surface area (Å²) >= 11 is 6.97. The summed E-state index contributed by atoms with van der Waals surface area (Å²) in [5, 5.41) is 9.62. The molecule has 0 saturated carbocycles. The van der Waals surface area contributed by atoms with Gasteiger partial charge < -0.3 is 9.72 Å². The predicted octanol–water partition coefficient (Wildman–Crippen LogP) is 7.01. The summed E-state index contributed by atoms with van der Waals surface area (Å²) < 4.78 is 33.9. The van der Waals surface area contributed by atoms with Gasteiger partial charge in [-0.3, -0.25) is 0 Å². The van der Waals surface area contributed by atoms with Crippen LogP contribution >= 0.6 is 31.9 Å². The second-order valence-electron chi connectivity index (χ2n) is 6.65. The smallest absolute Gasteiger partial charge is 0.149 e. The number of H-pyrrole nitrogens is 1. The summed E-state index contributed by atoms with van der Waals surface area (Å²) in [7, 11) is 0. The van der Waals surface area contributed by atoms with E-state index in [9.17, 15) is 14.0 Å². The van der Waals surface area contributed by atoms with Gasteiger partial charge in [0.2, 0.25) is 0 Å². The highest BCUT2D eigenvalue weighted by molar-refractivity contribution is 9.11. The van der Waals surface area contributed by atoms with Crippen LogP contribution in [0.2, 0.25) is 0 Å². The maximum Gasteiger partial charge on any atom is 0.149 e. The van der Waals surface area contributed by atoms with Crippen molar-refractivity contribution in [1.82, 2.24) is 9.97 Å². The van der Waals surface area contributed by atoms with Gasteiger partial charge in [-0.2, -0.15) is 5.26 Å². The van der Waals surface area contributed by atoms with Gasteiger partial charge in [0.1, 0.15) is 35.9 Å². The summed E-state index contributed by atoms with van der Waals surface area (Å²) in [6.45, 7) is 0.198. The standard InChI is InChI=1S/C23H13Br2F2N3O/c24-18-8-14(9-19(25)22(18)31-12-13-2-1-3-16(26)7-13)6-15(11-28)23-29-20-5-4-17(27)10-21(20)30-23/h1-10H,12H2,(H,29,30)/b15-6-. The summed E-state index contributed by atoms with van der Waals surface area (Å²) in [4.78, 5) is 7.33. The van der Waals surface area contributed by atoms with E-state index in [-0.39, 0.29) is 18.2 Å². The highest BCUT2D eigenvalue weighted by Crippen LogP contribution is 2.36. The lowest BCUT2D eigenvalue weighted by Crippen LogP contribution is -1.98. The molecule has 4 rings (SSSR count). The Morgan fingerprint density at radius 3 is 2.52 bits per heavy atom. The number of nitrogens with one attached hydrogen (secondary N) is 1. The van der Waals surface area contributed by atoms with Gasteiger partial charge in [0.05, 0.1) is 25.6 Å². The minimum atomic E-state index is -0.383. The first kappa shape index (κ1) is 21.2. The maximum atomic E-state index is 13.4. The second kappa shape index (κ2) is 9.00. The van der Waals surface area contributed by atoms with Crippen LogP contribution in [0.3, 0.4) is 0 Å². The van der Waals surface area contributed by atoms with Gasteiger partial charge in [0, 0.05) is 0 Å². The summed E-state index contributed by atoms with van der Waals surface area (Å²) in [6.07, 6.45) is 1.67. The van der Waals surface area contributed by atoms with Crippen LogP contribution in [0.15, 0.2) is 63.5 Å². The molecule has 1 heterocycles. The Morgan fingerprint density at radius 2 is 1.81 bits per heavy atom. The number of fused-ring (bicyclic) bond motifs is 1. The summed E-state index contributed by atoms with van der Waals surface area (Å²) in [6, 6.07) is 16.1. The van der Waals surface area contributed by atoms with Crippen LogP contribution in [0.4, 0.5) is 8.78 Å². The van der Waals surface area contributed by atoms with Crippen molar-refractivity contribution >= 4 is 54.5 Å². The highest BCUT2D eigenvalue weighted by atomic mass is 79.9. The summed E-state index contributed by atoms with van der Waals surface area (Å²) in [5.41, 5.74) is 2.81. The fourth-order valence-corrected chi connectivity index (χ4v) is 4.46. The van der Waals surface area contributed by atoms with Gasteiger partial charge in [-0.25, -0.2) is 13.8 Å². The van der Waals surface area contributed by atoms with E-state index < -0.39 is 0 Å². The van der Waals surface area contributed by atoms with E-state index in [4.69, 9.17) is 4.74 Å². The number of nitriles is 1. The first-order valence-corrected chi connectivity index (χ1v) is 10.7. The third kappa shape index (κ3) is 4.84. The van der Waals surface area contributed by atoms with Crippen LogP contribution < -0.4 is 4.74 Å². The molecule has 0 aliphatic heterocycles. The molecule has 0 unspecified atom stereocenters. The van der Waals surface area contributed by atoms with E-state index in [1.807, 2.05) is 0 Å². The molecule has 0 aliphatic rings. The number of aromatic nitrogens is 2. The zero-order valence-corrected chi connectivity index (χ0v) is 19.0. The molecule has 0 spiro atoms. The topological polar surface area (TPSA) is 61.7 Å². The number of nitrogens with zero attached hydrogens (tertiary/aromatic N) is 2. The first-order valence-electron chi connectivity index (χ1n) is 9.06. The number of halogens is 4. The van der Waals surface area contributed by atoms with Gasteiger partial charge in [-0.15, -0.1) is 0 Å². The summed E-state index contributed by atoms with van der Waals surface area (Å²) in [5.74, 6) is 0.199. The predicted molar refractivity (Wildman–Crippen MR) is 122 cm³/mol. The quantitative estimate of drug-likeness (QED) is 0.275. The molecule has 0 atom stereocenters. The molecule has 4 nitrogen and oxygen atoms in total. The number of benzene rings is 3. The van der Waals surface area contributed by atoms with Crippen LogP contribution in [0.25, 0.3) is 22.7 Å². The molecular formula is C23H13Br2F2N3O. The Kier molecular flexibility index (Phi) is 6.16. The lowest BCUT2D eigenvalue weighted by Gasteiger charge is -2.11. The van der Waals surface area contributed by atoms with E-state index in [1.54, 1.807) is 36.4 Å². The van der Waals surface area contributed by atoms with Crippen LogP contribution in [-0.4, -0.2) is 9.97 Å². The van der Waals surface area contributed by atoms with Crippen LogP contribution in [0.5, 0.6) is 5.75 Å². The molecule has 0 radical (unpaired) electrons. The average Bonchev–Trinajstić information content (AvgIpc) is 3.14. The zero-order chi connectivity index (χ0) is 22.0. The van der Waals surface area contributed by atoms with Gasteiger partial charge in [0.25, 0.3) is 0 Å².